The van der Waals surface area contributed by atoms with Crippen LogP contribution in [0.2, 0.25) is 10.0 Å². The van der Waals surface area contributed by atoms with Crippen LogP contribution < -0.4 is 0 Å². The van der Waals surface area contributed by atoms with E-state index in [1.807, 2.05) is 36.4 Å². The van der Waals surface area contributed by atoms with Crippen molar-refractivity contribution in [2.75, 3.05) is 13.2 Å². The van der Waals surface area contributed by atoms with Gasteiger partial charge in [-0.15, -0.1) is 0 Å². The van der Waals surface area contributed by atoms with Gasteiger partial charge in [-0.2, -0.15) is 0 Å². The van der Waals surface area contributed by atoms with Crippen LogP contribution in [0.5, 0.6) is 0 Å². The number of halogens is 2. The van der Waals surface area contributed by atoms with Crippen LogP contribution in [0.3, 0.4) is 0 Å². The molecule has 142 valence electrons. The molecule has 2 rings (SSSR count). The number of esters is 1. The number of aliphatic imine (C=N–C) groups is 2. The van der Waals surface area contributed by atoms with Gasteiger partial charge in [-0.25, -0.2) is 4.79 Å². The first-order valence-corrected chi connectivity index (χ1v) is 9.55. The lowest BCUT2D eigenvalue weighted by molar-refractivity contribution is -0.144. The fraction of sp³-hybridized carbons (Fsp3) is 0.286. The summed E-state index contributed by atoms with van der Waals surface area (Å²) in [6.45, 7) is 2.73. The van der Waals surface area contributed by atoms with Crippen LogP contribution in [0, 0.1) is 0 Å². The van der Waals surface area contributed by atoms with Crippen LogP contribution in [0.1, 0.15) is 30.9 Å². The Morgan fingerprint density at radius 3 is 2.11 bits per heavy atom. The molecule has 2 aromatic rings. The number of hydrogen-bond donors (Lipinski definition) is 0. The predicted molar refractivity (Wildman–Crippen MR) is 113 cm³/mol. The van der Waals surface area contributed by atoms with E-state index >= 15 is 0 Å². The molecule has 0 heterocycles. The third kappa shape index (κ3) is 7.94. The Labute approximate surface area is 169 Å². The van der Waals surface area contributed by atoms with Crippen LogP contribution in [0.4, 0.5) is 0 Å². The molecule has 0 aliphatic heterocycles. The Hall–Kier alpha value is -2.17. The van der Waals surface area contributed by atoms with Crippen molar-refractivity contribution in [1.82, 2.24) is 0 Å². The van der Waals surface area contributed by atoms with E-state index in [4.69, 9.17) is 27.9 Å². The summed E-state index contributed by atoms with van der Waals surface area (Å²) in [4.78, 5) is 20.9. The standard InChI is InChI=1S/C21H22Cl2N2O2/c1-2-27-21(26)20(25-15-17-7-11-19(23)12-8-17)4-3-13-24-14-16-5-9-18(22)10-6-16/h5-12,14-15,20H,2-4,13H2,1H3. The van der Waals surface area contributed by atoms with Crippen molar-refractivity contribution in [1.29, 1.82) is 0 Å². The number of hydrogen-bond acceptors (Lipinski definition) is 4. The quantitative estimate of drug-likeness (QED) is 0.325. The molecule has 0 aromatic heterocycles. The molecule has 0 spiro atoms. The SMILES string of the molecule is CCOC(=O)C(CCCN=Cc1ccc(Cl)cc1)N=Cc1ccc(Cl)cc1. The highest BCUT2D eigenvalue weighted by molar-refractivity contribution is 6.30. The van der Waals surface area contributed by atoms with Gasteiger partial charge in [0.2, 0.25) is 0 Å². The maximum Gasteiger partial charge on any atom is 0.330 e. The summed E-state index contributed by atoms with van der Waals surface area (Å²) in [5, 5.41) is 1.36. The average molecular weight is 405 g/mol. The van der Waals surface area contributed by atoms with Gasteiger partial charge in [-0.1, -0.05) is 47.5 Å². The highest BCUT2D eigenvalue weighted by Crippen LogP contribution is 2.11. The van der Waals surface area contributed by atoms with Crippen LogP contribution >= 0.6 is 23.2 Å². The molecule has 0 N–H and O–H groups in total. The molecule has 6 heteroatoms. The molecule has 0 saturated heterocycles. The van der Waals surface area contributed by atoms with E-state index in [0.717, 1.165) is 17.5 Å². The molecule has 0 saturated carbocycles. The summed E-state index contributed by atoms with van der Waals surface area (Å²) >= 11 is 11.7. The highest BCUT2D eigenvalue weighted by Gasteiger charge is 2.17. The van der Waals surface area contributed by atoms with E-state index < -0.39 is 6.04 Å². The molecule has 1 atom stereocenters. The van der Waals surface area contributed by atoms with E-state index in [1.165, 1.54) is 0 Å². The normalized spacial score (nSPS) is 12.6. The molecular weight excluding hydrogens is 383 g/mol. The monoisotopic (exact) mass is 404 g/mol. The van der Waals surface area contributed by atoms with Gasteiger partial charge < -0.3 is 4.74 Å². The van der Waals surface area contributed by atoms with E-state index in [2.05, 4.69) is 9.98 Å². The molecule has 1 unspecified atom stereocenters. The zero-order valence-electron chi connectivity index (χ0n) is 15.1. The summed E-state index contributed by atoms with van der Waals surface area (Å²) in [6, 6.07) is 14.2. The van der Waals surface area contributed by atoms with Crippen molar-refractivity contribution < 1.29 is 9.53 Å². The van der Waals surface area contributed by atoms with Gasteiger partial charge in [-0.05, 0) is 55.2 Å². The van der Waals surface area contributed by atoms with Crippen molar-refractivity contribution in [3.05, 3.63) is 69.7 Å². The van der Waals surface area contributed by atoms with E-state index in [0.29, 0.717) is 29.6 Å². The largest absolute Gasteiger partial charge is 0.464 e. The maximum atomic E-state index is 12.1. The first-order valence-electron chi connectivity index (χ1n) is 8.79. The molecule has 27 heavy (non-hydrogen) atoms. The van der Waals surface area contributed by atoms with Gasteiger partial charge in [0.25, 0.3) is 0 Å². The van der Waals surface area contributed by atoms with Crippen molar-refractivity contribution in [2.45, 2.75) is 25.8 Å². The number of rotatable bonds is 9. The van der Waals surface area contributed by atoms with Gasteiger partial charge in [0.05, 0.1) is 6.61 Å². The summed E-state index contributed by atoms with van der Waals surface area (Å²) < 4.78 is 5.12. The zero-order valence-corrected chi connectivity index (χ0v) is 16.7. The lowest BCUT2D eigenvalue weighted by Gasteiger charge is -2.10. The Morgan fingerprint density at radius 2 is 1.56 bits per heavy atom. The topological polar surface area (TPSA) is 51.0 Å². The Kier molecular flexibility index (Phi) is 9.02. The summed E-state index contributed by atoms with van der Waals surface area (Å²) in [5.41, 5.74) is 1.87. The maximum absolute atomic E-state index is 12.1. The van der Waals surface area contributed by atoms with Crippen LogP contribution in [0.25, 0.3) is 0 Å². The van der Waals surface area contributed by atoms with Crippen LogP contribution in [-0.4, -0.2) is 37.6 Å². The zero-order chi connectivity index (χ0) is 19.5. The van der Waals surface area contributed by atoms with Crippen molar-refractivity contribution in [3.63, 3.8) is 0 Å². The minimum absolute atomic E-state index is 0.315. The van der Waals surface area contributed by atoms with Crippen molar-refractivity contribution >= 4 is 41.6 Å². The van der Waals surface area contributed by atoms with Crippen molar-refractivity contribution in [3.8, 4) is 0 Å². The Balaban J connectivity index is 1.89. The molecule has 2 aromatic carbocycles. The second-order valence-electron chi connectivity index (χ2n) is 5.83. The number of ether oxygens (including phenoxy) is 1. The minimum Gasteiger partial charge on any atom is -0.464 e. The fourth-order valence-corrected chi connectivity index (χ4v) is 2.56. The Bertz CT molecular complexity index is 772. The van der Waals surface area contributed by atoms with E-state index in [9.17, 15) is 4.79 Å². The molecule has 0 bridgehead atoms. The number of benzene rings is 2. The summed E-state index contributed by atoms with van der Waals surface area (Å²) in [6.07, 6.45) is 4.77. The number of carbonyl (C=O) groups excluding carboxylic acids is 1. The predicted octanol–water partition coefficient (Wildman–Crippen LogP) is 5.24. The Morgan fingerprint density at radius 1 is 1.00 bits per heavy atom. The lowest BCUT2D eigenvalue weighted by Crippen LogP contribution is -2.22. The smallest absolute Gasteiger partial charge is 0.330 e. The van der Waals surface area contributed by atoms with Crippen LogP contribution in [0.15, 0.2) is 58.5 Å². The molecule has 0 fully saturated rings. The minimum atomic E-state index is -0.536. The van der Waals surface area contributed by atoms with Gasteiger partial charge in [0, 0.05) is 29.0 Å². The molecule has 0 aliphatic carbocycles. The molecular formula is C21H22Cl2N2O2. The molecule has 0 amide bonds. The molecule has 4 nitrogen and oxygen atoms in total. The van der Waals surface area contributed by atoms with E-state index in [1.54, 1.807) is 31.5 Å². The first-order chi connectivity index (χ1) is 13.1. The summed E-state index contributed by atoms with van der Waals surface area (Å²) in [7, 11) is 0. The van der Waals surface area contributed by atoms with Gasteiger partial charge >= 0.3 is 5.97 Å². The van der Waals surface area contributed by atoms with Crippen LogP contribution in [-0.2, 0) is 9.53 Å². The van der Waals surface area contributed by atoms with Crippen molar-refractivity contribution in [2.24, 2.45) is 9.98 Å². The van der Waals surface area contributed by atoms with Gasteiger partial charge in [-0.3, -0.25) is 9.98 Å². The first kappa shape index (κ1) is 21.1. The number of carbonyl (C=O) groups is 1. The third-order valence-electron chi connectivity index (χ3n) is 3.71. The van der Waals surface area contributed by atoms with Gasteiger partial charge in [0.1, 0.15) is 6.04 Å². The molecule has 0 aliphatic rings. The highest BCUT2D eigenvalue weighted by atomic mass is 35.5. The second-order valence-corrected chi connectivity index (χ2v) is 6.70. The molecule has 0 radical (unpaired) electrons. The average Bonchev–Trinajstić information content (AvgIpc) is 2.67. The third-order valence-corrected chi connectivity index (χ3v) is 4.21. The lowest BCUT2D eigenvalue weighted by atomic mass is 10.1. The van der Waals surface area contributed by atoms with E-state index in [-0.39, 0.29) is 5.97 Å². The summed E-state index contributed by atoms with van der Waals surface area (Å²) in [5.74, 6) is -0.315. The fourth-order valence-electron chi connectivity index (χ4n) is 2.31. The number of nitrogens with zero attached hydrogens (tertiary/aromatic N) is 2. The second kappa shape index (κ2) is 11.5. The van der Waals surface area contributed by atoms with Gasteiger partial charge in [0.15, 0.2) is 0 Å².